The first-order valence-electron chi connectivity index (χ1n) is 15.5. The van der Waals surface area contributed by atoms with Gasteiger partial charge in [-0.1, -0.05) is 117 Å². The van der Waals surface area contributed by atoms with Crippen molar-refractivity contribution >= 4 is 12.0 Å². The van der Waals surface area contributed by atoms with Crippen LogP contribution in [0.1, 0.15) is 65.4 Å². The third-order valence-electron chi connectivity index (χ3n) is 8.03. The zero-order valence-corrected chi connectivity index (χ0v) is 26.8. The Labute approximate surface area is 269 Å². The summed E-state index contributed by atoms with van der Waals surface area (Å²) in [4.78, 5) is 25.9. The molecule has 0 amide bonds. The standard InChI is InChI=1S/C39H40N2O5/c1-39(2,3)34-23-16-30(17-24-34)26-45-35-8-6-5-7-31(35)18-13-28(25-29-14-21-33(22-15-29)37(42)44-4)10-9-27-11-19-32(20-12-27)36-40-38(43)46-41-36/h5-8,11-24,28H,9-10,25-26H2,1-4H3,(H,40,41,43). The highest BCUT2D eigenvalue weighted by Gasteiger charge is 2.14. The van der Waals surface area contributed by atoms with Gasteiger partial charge in [-0.05, 0) is 71.0 Å². The fourth-order valence-electron chi connectivity index (χ4n) is 5.25. The summed E-state index contributed by atoms with van der Waals surface area (Å²) in [6.45, 7) is 7.13. The predicted octanol–water partition coefficient (Wildman–Crippen LogP) is 8.20. The number of aryl methyl sites for hydroxylation is 1. The molecule has 1 heterocycles. The molecule has 236 valence electrons. The molecule has 1 aromatic heterocycles. The van der Waals surface area contributed by atoms with E-state index in [1.54, 1.807) is 0 Å². The van der Waals surface area contributed by atoms with Crippen molar-refractivity contribution in [2.24, 2.45) is 5.92 Å². The van der Waals surface area contributed by atoms with Crippen molar-refractivity contribution in [2.45, 2.75) is 52.1 Å². The number of ether oxygens (including phenoxy) is 2. The van der Waals surface area contributed by atoms with Crippen LogP contribution in [0.25, 0.3) is 17.5 Å². The molecule has 0 aliphatic rings. The Morgan fingerprint density at radius 3 is 2.22 bits per heavy atom. The fourth-order valence-corrected chi connectivity index (χ4v) is 5.25. The van der Waals surface area contributed by atoms with E-state index in [2.05, 4.69) is 77.9 Å². The van der Waals surface area contributed by atoms with Gasteiger partial charge in [0.15, 0.2) is 5.82 Å². The van der Waals surface area contributed by atoms with Crippen LogP contribution < -0.4 is 10.5 Å². The summed E-state index contributed by atoms with van der Waals surface area (Å²) < 4.78 is 15.8. The van der Waals surface area contributed by atoms with Crippen molar-refractivity contribution in [3.63, 3.8) is 0 Å². The first kappa shape index (κ1) is 32.2. The van der Waals surface area contributed by atoms with Crippen LogP contribution >= 0.6 is 0 Å². The van der Waals surface area contributed by atoms with Gasteiger partial charge in [-0.15, -0.1) is 0 Å². The second-order valence-corrected chi connectivity index (χ2v) is 12.5. The molecule has 0 fully saturated rings. The maximum atomic E-state index is 11.9. The van der Waals surface area contributed by atoms with Gasteiger partial charge in [-0.3, -0.25) is 9.51 Å². The number of benzene rings is 4. The summed E-state index contributed by atoms with van der Waals surface area (Å²) in [6.07, 6.45) is 6.96. The number of para-hydroxylation sites is 1. The Bertz CT molecular complexity index is 1810. The topological polar surface area (TPSA) is 94.4 Å². The van der Waals surface area contributed by atoms with E-state index in [4.69, 9.17) is 9.47 Å². The van der Waals surface area contributed by atoms with E-state index in [0.717, 1.165) is 47.3 Å². The molecule has 7 nitrogen and oxygen atoms in total. The lowest BCUT2D eigenvalue weighted by atomic mass is 9.87. The average Bonchev–Trinajstić information content (AvgIpc) is 3.51. The van der Waals surface area contributed by atoms with E-state index < -0.39 is 5.76 Å². The molecule has 5 aromatic rings. The van der Waals surface area contributed by atoms with Crippen LogP contribution in [-0.2, 0) is 29.6 Å². The number of allylic oxidation sites excluding steroid dienone is 1. The van der Waals surface area contributed by atoms with Crippen LogP contribution in [0.2, 0.25) is 0 Å². The lowest BCUT2D eigenvalue weighted by Crippen LogP contribution is -2.10. The first-order valence-corrected chi connectivity index (χ1v) is 15.5. The van der Waals surface area contributed by atoms with Crippen molar-refractivity contribution in [1.29, 1.82) is 0 Å². The minimum Gasteiger partial charge on any atom is -0.488 e. The smallest absolute Gasteiger partial charge is 0.439 e. The van der Waals surface area contributed by atoms with Crippen LogP contribution in [0.15, 0.2) is 112 Å². The fraction of sp³-hybridized carbons (Fsp3) is 0.256. The Morgan fingerprint density at radius 1 is 0.891 bits per heavy atom. The lowest BCUT2D eigenvalue weighted by molar-refractivity contribution is 0.0600. The van der Waals surface area contributed by atoms with Crippen molar-refractivity contribution < 1.29 is 18.8 Å². The minimum absolute atomic E-state index is 0.111. The highest BCUT2D eigenvalue weighted by atomic mass is 16.5. The van der Waals surface area contributed by atoms with Crippen molar-refractivity contribution in [2.75, 3.05) is 7.11 Å². The highest BCUT2D eigenvalue weighted by Crippen LogP contribution is 2.26. The molecule has 5 rings (SSSR count). The SMILES string of the molecule is COC(=O)c1ccc(CC(C=Cc2ccccc2OCc2ccc(C(C)(C)C)cc2)CCc2ccc(-c3noc(=O)[nH]3)cc2)cc1. The number of aromatic nitrogens is 2. The van der Waals surface area contributed by atoms with E-state index in [9.17, 15) is 9.59 Å². The third-order valence-corrected chi connectivity index (χ3v) is 8.03. The molecule has 7 heteroatoms. The maximum absolute atomic E-state index is 11.9. The molecule has 1 unspecified atom stereocenters. The summed E-state index contributed by atoms with van der Waals surface area (Å²) in [7, 11) is 1.39. The summed E-state index contributed by atoms with van der Waals surface area (Å²) in [5.74, 6) is 0.545. The number of aromatic amines is 1. The van der Waals surface area contributed by atoms with E-state index in [1.165, 1.54) is 18.2 Å². The number of carbonyl (C=O) groups is 1. The summed E-state index contributed by atoms with van der Waals surface area (Å²) >= 11 is 0. The highest BCUT2D eigenvalue weighted by molar-refractivity contribution is 5.89. The number of nitrogens with one attached hydrogen (secondary N) is 1. The second kappa shape index (κ2) is 14.7. The van der Waals surface area contributed by atoms with Crippen LogP contribution in [0.5, 0.6) is 5.75 Å². The van der Waals surface area contributed by atoms with Crippen molar-refractivity contribution in [3.05, 3.63) is 147 Å². The number of nitrogens with zero attached hydrogens (tertiary/aromatic N) is 1. The molecule has 0 saturated carbocycles. The van der Waals surface area contributed by atoms with Crippen LogP contribution in [0, 0.1) is 5.92 Å². The van der Waals surface area contributed by atoms with E-state index >= 15 is 0 Å². The van der Waals surface area contributed by atoms with Gasteiger partial charge in [0.2, 0.25) is 0 Å². The number of hydrogen-bond donors (Lipinski definition) is 1. The van der Waals surface area contributed by atoms with E-state index in [1.807, 2.05) is 66.7 Å². The maximum Gasteiger partial charge on any atom is 0.439 e. The molecule has 0 aliphatic heterocycles. The molecular weight excluding hydrogens is 576 g/mol. The van der Waals surface area contributed by atoms with Gasteiger partial charge in [-0.2, -0.15) is 0 Å². The largest absolute Gasteiger partial charge is 0.488 e. The van der Waals surface area contributed by atoms with Crippen molar-refractivity contribution in [3.8, 4) is 17.1 Å². The number of rotatable bonds is 12. The number of methoxy groups -OCH3 is 1. The molecular formula is C39H40N2O5. The number of hydrogen-bond acceptors (Lipinski definition) is 6. The third kappa shape index (κ3) is 8.72. The quantitative estimate of drug-likeness (QED) is 0.142. The van der Waals surface area contributed by atoms with Crippen LogP contribution in [-0.4, -0.2) is 23.2 Å². The van der Waals surface area contributed by atoms with Crippen LogP contribution in [0.3, 0.4) is 0 Å². The van der Waals surface area contributed by atoms with Gasteiger partial charge >= 0.3 is 11.7 Å². The van der Waals surface area contributed by atoms with Gasteiger partial charge in [0.05, 0.1) is 12.7 Å². The van der Waals surface area contributed by atoms with Gasteiger partial charge in [0, 0.05) is 11.1 Å². The second-order valence-electron chi connectivity index (χ2n) is 12.5. The Balaban J connectivity index is 1.30. The van der Waals surface area contributed by atoms with Crippen molar-refractivity contribution in [1.82, 2.24) is 10.1 Å². The zero-order valence-electron chi connectivity index (χ0n) is 26.8. The van der Waals surface area contributed by atoms with Gasteiger partial charge in [0.1, 0.15) is 12.4 Å². The van der Waals surface area contributed by atoms with Crippen LogP contribution in [0.4, 0.5) is 0 Å². The number of carbonyl (C=O) groups excluding carboxylic acids is 1. The van der Waals surface area contributed by atoms with Gasteiger partial charge < -0.3 is 9.47 Å². The zero-order chi connectivity index (χ0) is 32.5. The Kier molecular flexibility index (Phi) is 10.3. The first-order chi connectivity index (χ1) is 22.2. The molecule has 4 aromatic carbocycles. The molecule has 0 aliphatic carbocycles. The molecule has 0 saturated heterocycles. The minimum atomic E-state index is -0.574. The summed E-state index contributed by atoms with van der Waals surface area (Å²) in [5.41, 5.74) is 7.19. The monoisotopic (exact) mass is 616 g/mol. The van der Waals surface area contributed by atoms with E-state index in [0.29, 0.717) is 18.0 Å². The molecule has 1 N–H and O–H groups in total. The predicted molar refractivity (Wildman–Crippen MR) is 181 cm³/mol. The average molecular weight is 617 g/mol. The summed E-state index contributed by atoms with van der Waals surface area (Å²) in [6, 6.07) is 32.3. The molecule has 1 atom stereocenters. The van der Waals surface area contributed by atoms with Gasteiger partial charge in [-0.25, -0.2) is 9.59 Å². The Morgan fingerprint density at radius 2 is 1.57 bits per heavy atom. The lowest BCUT2D eigenvalue weighted by Gasteiger charge is -2.19. The number of H-pyrrole nitrogens is 1. The summed E-state index contributed by atoms with van der Waals surface area (Å²) in [5, 5.41) is 3.77. The van der Waals surface area contributed by atoms with Gasteiger partial charge in [0.25, 0.3) is 0 Å². The Hall–Kier alpha value is -5.17. The molecule has 0 spiro atoms. The number of esters is 1. The molecule has 46 heavy (non-hydrogen) atoms. The molecule has 0 bridgehead atoms. The van der Waals surface area contributed by atoms with E-state index in [-0.39, 0.29) is 17.3 Å². The normalized spacial score (nSPS) is 12.3. The molecule has 0 radical (unpaired) electrons.